The van der Waals surface area contributed by atoms with Crippen molar-refractivity contribution in [2.45, 2.75) is 44.2 Å². The van der Waals surface area contributed by atoms with Crippen LogP contribution in [0.1, 0.15) is 32.1 Å². The molecule has 3 aliphatic rings. The molecule has 3 rings (SSSR count). The maximum absolute atomic E-state index is 12.3. The van der Waals surface area contributed by atoms with Gasteiger partial charge in [0.1, 0.15) is 0 Å². The Kier molecular flexibility index (Phi) is 3.97. The Labute approximate surface area is 125 Å². The summed E-state index contributed by atoms with van der Waals surface area (Å²) in [5.74, 6) is -0.0107. The standard InChI is InChI=1S/C14H23N3O2S/c15-12(20)14(4-2-5-14)13(18)16-7-11-8-17-6-1-3-10(17)9-19-11/h10-11H,1-9H2,(H2,15,20)(H,16,18). The number of nitrogens with zero attached hydrogens (tertiary/aromatic N) is 1. The van der Waals surface area contributed by atoms with E-state index in [9.17, 15) is 4.79 Å². The van der Waals surface area contributed by atoms with Crippen LogP contribution < -0.4 is 11.1 Å². The van der Waals surface area contributed by atoms with Gasteiger partial charge in [-0.2, -0.15) is 0 Å². The normalized spacial score (nSPS) is 32.2. The van der Waals surface area contributed by atoms with E-state index in [1.165, 1.54) is 12.8 Å². The number of nitrogens with one attached hydrogen (secondary N) is 1. The predicted octanol–water partition coefficient (Wildman–Crippen LogP) is 0.422. The third-order valence-electron chi connectivity index (χ3n) is 5.07. The highest BCUT2D eigenvalue weighted by molar-refractivity contribution is 7.80. The summed E-state index contributed by atoms with van der Waals surface area (Å²) in [6.07, 6.45) is 5.19. The second-order valence-corrected chi connectivity index (χ2v) is 6.70. The number of ether oxygens (including phenoxy) is 1. The van der Waals surface area contributed by atoms with E-state index in [4.69, 9.17) is 22.7 Å². The summed E-state index contributed by atoms with van der Waals surface area (Å²) >= 11 is 5.07. The minimum atomic E-state index is -0.583. The third-order valence-corrected chi connectivity index (χ3v) is 5.46. The van der Waals surface area contributed by atoms with Gasteiger partial charge in [-0.25, -0.2) is 0 Å². The van der Waals surface area contributed by atoms with Gasteiger partial charge < -0.3 is 15.8 Å². The molecule has 0 radical (unpaired) electrons. The molecule has 1 amide bonds. The largest absolute Gasteiger partial charge is 0.392 e. The second-order valence-electron chi connectivity index (χ2n) is 6.26. The molecule has 1 saturated carbocycles. The molecule has 2 atom stereocenters. The lowest BCUT2D eigenvalue weighted by Gasteiger charge is -2.40. The lowest BCUT2D eigenvalue weighted by atomic mass is 9.68. The van der Waals surface area contributed by atoms with Crippen LogP contribution in [0.5, 0.6) is 0 Å². The van der Waals surface area contributed by atoms with E-state index in [1.807, 2.05) is 0 Å². The van der Waals surface area contributed by atoms with Gasteiger partial charge in [-0.05, 0) is 32.2 Å². The molecule has 3 N–H and O–H groups in total. The monoisotopic (exact) mass is 297 g/mol. The molecular formula is C14H23N3O2S. The van der Waals surface area contributed by atoms with Crippen LogP contribution >= 0.6 is 12.2 Å². The summed E-state index contributed by atoms with van der Waals surface area (Å²) in [5, 5.41) is 3.00. The fourth-order valence-corrected chi connectivity index (χ4v) is 3.80. The van der Waals surface area contributed by atoms with Crippen LogP contribution in [0, 0.1) is 5.41 Å². The average Bonchev–Trinajstić information content (AvgIpc) is 2.81. The van der Waals surface area contributed by atoms with Gasteiger partial charge in [0.15, 0.2) is 0 Å². The van der Waals surface area contributed by atoms with Gasteiger partial charge in [0, 0.05) is 19.1 Å². The molecule has 2 heterocycles. The molecule has 3 fully saturated rings. The number of carbonyl (C=O) groups excluding carboxylic acids is 1. The second kappa shape index (κ2) is 5.58. The minimum Gasteiger partial charge on any atom is -0.392 e. The van der Waals surface area contributed by atoms with Crippen molar-refractivity contribution in [2.75, 3.05) is 26.2 Å². The maximum atomic E-state index is 12.3. The molecule has 0 spiro atoms. The van der Waals surface area contributed by atoms with Crippen LogP contribution in [0.4, 0.5) is 0 Å². The Morgan fingerprint density at radius 1 is 1.45 bits per heavy atom. The topological polar surface area (TPSA) is 67.6 Å². The summed E-state index contributed by atoms with van der Waals surface area (Å²) in [6, 6.07) is 0.594. The summed E-state index contributed by atoms with van der Waals surface area (Å²) in [5.41, 5.74) is 5.16. The van der Waals surface area contributed by atoms with Gasteiger partial charge in [0.25, 0.3) is 0 Å². The van der Waals surface area contributed by atoms with Gasteiger partial charge in [-0.3, -0.25) is 9.69 Å². The number of rotatable bonds is 4. The Bertz CT molecular complexity index is 411. The van der Waals surface area contributed by atoms with Gasteiger partial charge >= 0.3 is 0 Å². The Morgan fingerprint density at radius 2 is 2.25 bits per heavy atom. The van der Waals surface area contributed by atoms with E-state index in [1.54, 1.807) is 0 Å². The number of nitrogens with two attached hydrogens (primary N) is 1. The fourth-order valence-electron chi connectivity index (χ4n) is 3.50. The van der Waals surface area contributed by atoms with Crippen LogP contribution in [-0.4, -0.2) is 54.2 Å². The van der Waals surface area contributed by atoms with Crippen molar-refractivity contribution in [1.29, 1.82) is 0 Å². The number of amides is 1. The first kappa shape index (κ1) is 14.2. The van der Waals surface area contributed by atoms with Gasteiger partial charge in [-0.15, -0.1) is 0 Å². The lowest BCUT2D eigenvalue weighted by molar-refractivity contribution is -0.132. The number of hydrogen-bond acceptors (Lipinski definition) is 4. The molecule has 0 aromatic carbocycles. The highest BCUT2D eigenvalue weighted by atomic mass is 32.1. The van der Waals surface area contributed by atoms with E-state index >= 15 is 0 Å². The van der Waals surface area contributed by atoms with Crippen LogP contribution in [0.3, 0.4) is 0 Å². The van der Waals surface area contributed by atoms with Crippen molar-refractivity contribution in [3.63, 3.8) is 0 Å². The highest BCUT2D eigenvalue weighted by Gasteiger charge is 2.47. The maximum Gasteiger partial charge on any atom is 0.233 e. The van der Waals surface area contributed by atoms with Gasteiger partial charge in [-0.1, -0.05) is 18.6 Å². The first-order valence-electron chi connectivity index (χ1n) is 7.56. The number of fused-ring (bicyclic) bond motifs is 1. The lowest BCUT2D eigenvalue weighted by Crippen LogP contribution is -2.56. The van der Waals surface area contributed by atoms with Crippen LogP contribution in [-0.2, 0) is 9.53 Å². The van der Waals surface area contributed by atoms with Gasteiger partial charge in [0.2, 0.25) is 5.91 Å². The first-order valence-corrected chi connectivity index (χ1v) is 7.96. The fraction of sp³-hybridized carbons (Fsp3) is 0.857. The van der Waals surface area contributed by atoms with Crippen molar-refractivity contribution < 1.29 is 9.53 Å². The number of thiocarbonyl (C=S) groups is 1. The highest BCUT2D eigenvalue weighted by Crippen LogP contribution is 2.41. The predicted molar refractivity (Wildman–Crippen MR) is 80.4 cm³/mol. The van der Waals surface area contributed by atoms with Gasteiger partial charge in [0.05, 0.1) is 23.1 Å². The smallest absolute Gasteiger partial charge is 0.233 e. The molecule has 6 heteroatoms. The minimum absolute atomic E-state index is 0.0107. The molecule has 0 aromatic rings. The molecule has 2 unspecified atom stereocenters. The van der Waals surface area contributed by atoms with Crippen LogP contribution in [0.15, 0.2) is 0 Å². The quantitative estimate of drug-likeness (QED) is 0.736. The zero-order valence-corrected chi connectivity index (χ0v) is 12.6. The Morgan fingerprint density at radius 3 is 2.90 bits per heavy atom. The third kappa shape index (κ3) is 2.44. The molecule has 0 bridgehead atoms. The number of carbonyl (C=O) groups is 1. The van der Waals surface area contributed by atoms with E-state index in [-0.39, 0.29) is 12.0 Å². The van der Waals surface area contributed by atoms with E-state index < -0.39 is 5.41 Å². The summed E-state index contributed by atoms with van der Waals surface area (Å²) in [4.78, 5) is 15.1. The summed E-state index contributed by atoms with van der Waals surface area (Å²) in [7, 11) is 0. The van der Waals surface area contributed by atoms with Crippen LogP contribution in [0.25, 0.3) is 0 Å². The van der Waals surface area contributed by atoms with E-state index in [0.29, 0.717) is 17.6 Å². The first-order chi connectivity index (χ1) is 9.62. The number of hydrogen-bond donors (Lipinski definition) is 2. The van der Waals surface area contributed by atoms with Crippen molar-refractivity contribution in [3.05, 3.63) is 0 Å². The molecule has 2 saturated heterocycles. The van der Waals surface area contributed by atoms with E-state index in [2.05, 4.69) is 10.2 Å². The van der Waals surface area contributed by atoms with Crippen molar-refractivity contribution >= 4 is 23.1 Å². The molecule has 5 nitrogen and oxygen atoms in total. The average molecular weight is 297 g/mol. The zero-order chi connectivity index (χ0) is 14.2. The Balaban J connectivity index is 1.49. The van der Waals surface area contributed by atoms with Crippen LogP contribution in [0.2, 0.25) is 0 Å². The molecule has 0 aromatic heterocycles. The number of morpholine rings is 1. The van der Waals surface area contributed by atoms with E-state index in [0.717, 1.165) is 39.0 Å². The summed E-state index contributed by atoms with van der Waals surface area (Å²) in [6.45, 7) is 3.44. The molecular weight excluding hydrogens is 274 g/mol. The van der Waals surface area contributed by atoms with Crippen molar-refractivity contribution in [1.82, 2.24) is 10.2 Å². The SMILES string of the molecule is NC(=S)C1(C(=O)NCC2CN3CCCC3CO2)CCC1. The zero-order valence-electron chi connectivity index (χ0n) is 11.8. The van der Waals surface area contributed by atoms with Crippen molar-refractivity contribution in [2.24, 2.45) is 11.1 Å². The molecule has 20 heavy (non-hydrogen) atoms. The summed E-state index contributed by atoms with van der Waals surface area (Å²) < 4.78 is 5.85. The van der Waals surface area contributed by atoms with Crippen molar-refractivity contribution in [3.8, 4) is 0 Å². The molecule has 112 valence electrons. The molecule has 1 aliphatic carbocycles. The molecule has 2 aliphatic heterocycles. The Hall–Kier alpha value is -0.720.